The van der Waals surface area contributed by atoms with Crippen LogP contribution in [0.25, 0.3) is 11.0 Å². The van der Waals surface area contributed by atoms with Crippen LogP contribution in [-0.2, 0) is 13.0 Å². The number of halogens is 1. The molecule has 1 aromatic carbocycles. The smallest absolute Gasteiger partial charge is 0.322 e. The number of pyridine rings is 1. The van der Waals surface area contributed by atoms with E-state index in [1.54, 1.807) is 18.2 Å². The van der Waals surface area contributed by atoms with E-state index >= 15 is 0 Å². The highest BCUT2D eigenvalue weighted by Gasteiger charge is 2.24. The number of amides is 2. The first kappa shape index (κ1) is 15.8. The molecule has 3 aromatic rings. The Hall–Kier alpha value is -2.73. The lowest BCUT2D eigenvalue weighted by molar-refractivity contribution is 0.206. The van der Waals surface area contributed by atoms with Crippen molar-refractivity contribution in [2.75, 3.05) is 19.0 Å². The van der Waals surface area contributed by atoms with Gasteiger partial charge < -0.3 is 19.9 Å². The van der Waals surface area contributed by atoms with E-state index in [4.69, 9.17) is 16.3 Å². The minimum Gasteiger partial charge on any atom is -0.497 e. The highest BCUT2D eigenvalue weighted by molar-refractivity contribution is 6.31. The predicted octanol–water partition coefficient (Wildman–Crippen LogP) is 3.82. The third-order valence-electron chi connectivity index (χ3n) is 4.42. The summed E-state index contributed by atoms with van der Waals surface area (Å²) in [7, 11) is 1.61. The van der Waals surface area contributed by atoms with Gasteiger partial charge in [0.2, 0.25) is 0 Å². The maximum Gasteiger partial charge on any atom is 0.322 e. The minimum absolute atomic E-state index is 0.125. The van der Waals surface area contributed by atoms with Gasteiger partial charge in [-0.15, -0.1) is 0 Å². The van der Waals surface area contributed by atoms with E-state index in [2.05, 4.69) is 15.3 Å². The SMILES string of the molecule is COc1ccc(NC(=O)N2CCc3[nH]c4ncc(Cl)cc4c3C2)cc1. The molecule has 0 fully saturated rings. The van der Waals surface area contributed by atoms with Crippen LogP contribution in [0.5, 0.6) is 5.75 Å². The number of rotatable bonds is 2. The van der Waals surface area contributed by atoms with E-state index in [0.717, 1.165) is 40.1 Å². The van der Waals surface area contributed by atoms with Gasteiger partial charge in [0, 0.05) is 48.0 Å². The summed E-state index contributed by atoms with van der Waals surface area (Å²) in [5.74, 6) is 0.754. The van der Waals surface area contributed by atoms with Crippen LogP contribution in [0.15, 0.2) is 36.5 Å². The van der Waals surface area contributed by atoms with E-state index in [1.807, 2.05) is 30.3 Å². The van der Waals surface area contributed by atoms with Crippen molar-refractivity contribution in [1.29, 1.82) is 0 Å². The lowest BCUT2D eigenvalue weighted by atomic mass is 10.1. The second-order valence-electron chi connectivity index (χ2n) is 5.96. The van der Waals surface area contributed by atoms with Crippen molar-refractivity contribution >= 4 is 34.4 Å². The summed E-state index contributed by atoms with van der Waals surface area (Å²) in [6, 6.07) is 9.04. The summed E-state index contributed by atoms with van der Waals surface area (Å²) in [4.78, 5) is 22.0. The Labute approximate surface area is 149 Å². The molecule has 0 saturated heterocycles. The van der Waals surface area contributed by atoms with Crippen LogP contribution in [0.4, 0.5) is 10.5 Å². The first-order chi connectivity index (χ1) is 12.1. The number of aromatic amines is 1. The Morgan fingerprint density at radius 1 is 1.36 bits per heavy atom. The van der Waals surface area contributed by atoms with Crippen molar-refractivity contribution in [3.63, 3.8) is 0 Å². The standard InChI is InChI=1S/C18H17ClN4O2/c1-25-13-4-2-12(3-5-13)21-18(24)23-7-6-16-15(10-23)14-8-11(19)9-20-17(14)22-16/h2-5,8-9H,6-7,10H2,1H3,(H,20,22)(H,21,24). The number of anilines is 1. The lowest BCUT2D eigenvalue weighted by Crippen LogP contribution is -2.38. The fourth-order valence-corrected chi connectivity index (χ4v) is 3.27. The number of nitrogens with one attached hydrogen (secondary N) is 2. The largest absolute Gasteiger partial charge is 0.497 e. The van der Waals surface area contributed by atoms with Crippen LogP contribution in [-0.4, -0.2) is 34.6 Å². The van der Waals surface area contributed by atoms with E-state index in [-0.39, 0.29) is 6.03 Å². The van der Waals surface area contributed by atoms with Crippen LogP contribution in [0, 0.1) is 0 Å². The molecule has 0 unspecified atom stereocenters. The summed E-state index contributed by atoms with van der Waals surface area (Å²) in [6.07, 6.45) is 2.39. The summed E-state index contributed by atoms with van der Waals surface area (Å²) in [5.41, 5.74) is 3.76. The number of H-pyrrole nitrogens is 1. The number of nitrogens with zero attached hydrogens (tertiary/aromatic N) is 2. The number of hydrogen-bond acceptors (Lipinski definition) is 3. The second-order valence-corrected chi connectivity index (χ2v) is 6.40. The molecule has 0 saturated carbocycles. The average molecular weight is 357 g/mol. The quantitative estimate of drug-likeness (QED) is 0.733. The fraction of sp³-hybridized carbons (Fsp3) is 0.222. The Balaban J connectivity index is 1.53. The molecule has 128 valence electrons. The van der Waals surface area contributed by atoms with E-state index < -0.39 is 0 Å². The number of methoxy groups -OCH3 is 1. The molecule has 2 aromatic heterocycles. The minimum atomic E-state index is -0.125. The Bertz CT molecular complexity index is 936. The number of carbonyl (C=O) groups excluding carboxylic acids is 1. The molecule has 0 spiro atoms. The van der Waals surface area contributed by atoms with Gasteiger partial charge in [-0.25, -0.2) is 9.78 Å². The molecule has 25 heavy (non-hydrogen) atoms. The third-order valence-corrected chi connectivity index (χ3v) is 4.63. The molecular formula is C18H17ClN4O2. The summed E-state index contributed by atoms with van der Waals surface area (Å²) in [6.45, 7) is 1.18. The number of fused-ring (bicyclic) bond motifs is 3. The molecule has 3 heterocycles. The lowest BCUT2D eigenvalue weighted by Gasteiger charge is -2.27. The summed E-state index contributed by atoms with van der Waals surface area (Å²) in [5, 5.41) is 4.49. The first-order valence-corrected chi connectivity index (χ1v) is 8.37. The molecule has 1 aliphatic rings. The van der Waals surface area contributed by atoms with E-state index in [1.165, 1.54) is 0 Å². The second kappa shape index (κ2) is 6.29. The number of ether oxygens (including phenoxy) is 1. The van der Waals surface area contributed by atoms with Gasteiger partial charge in [0.1, 0.15) is 11.4 Å². The number of benzene rings is 1. The van der Waals surface area contributed by atoms with Crippen molar-refractivity contribution in [2.45, 2.75) is 13.0 Å². The van der Waals surface area contributed by atoms with Crippen molar-refractivity contribution in [1.82, 2.24) is 14.9 Å². The zero-order valence-corrected chi connectivity index (χ0v) is 14.4. The summed E-state index contributed by atoms with van der Waals surface area (Å²) < 4.78 is 5.13. The van der Waals surface area contributed by atoms with E-state index in [0.29, 0.717) is 18.1 Å². The molecule has 0 radical (unpaired) electrons. The maximum absolute atomic E-state index is 12.6. The van der Waals surface area contributed by atoms with Crippen LogP contribution in [0.2, 0.25) is 5.02 Å². The average Bonchev–Trinajstić information content (AvgIpc) is 2.99. The number of urea groups is 1. The molecular weight excluding hydrogens is 340 g/mol. The van der Waals surface area contributed by atoms with E-state index in [9.17, 15) is 4.79 Å². The summed E-state index contributed by atoms with van der Waals surface area (Å²) >= 11 is 6.07. The zero-order valence-electron chi connectivity index (χ0n) is 13.7. The normalized spacial score (nSPS) is 13.6. The maximum atomic E-state index is 12.6. The number of aromatic nitrogens is 2. The van der Waals surface area contributed by atoms with Crippen LogP contribution in [0.1, 0.15) is 11.3 Å². The van der Waals surface area contributed by atoms with Gasteiger partial charge in [0.15, 0.2) is 0 Å². The van der Waals surface area contributed by atoms with Gasteiger partial charge in [-0.05, 0) is 30.3 Å². The monoisotopic (exact) mass is 356 g/mol. The molecule has 2 N–H and O–H groups in total. The Morgan fingerprint density at radius 2 is 2.16 bits per heavy atom. The van der Waals surface area contributed by atoms with Crippen LogP contribution < -0.4 is 10.1 Å². The number of hydrogen-bond donors (Lipinski definition) is 2. The van der Waals surface area contributed by atoms with Gasteiger partial charge in [0.05, 0.1) is 12.1 Å². The highest BCUT2D eigenvalue weighted by Crippen LogP contribution is 2.28. The topological polar surface area (TPSA) is 70.2 Å². The molecule has 2 amide bonds. The van der Waals surface area contributed by atoms with Gasteiger partial charge >= 0.3 is 6.03 Å². The molecule has 7 heteroatoms. The highest BCUT2D eigenvalue weighted by atomic mass is 35.5. The fourth-order valence-electron chi connectivity index (χ4n) is 3.11. The molecule has 0 atom stereocenters. The van der Waals surface area contributed by atoms with Crippen LogP contribution in [0.3, 0.4) is 0 Å². The molecule has 4 rings (SSSR count). The van der Waals surface area contributed by atoms with Crippen molar-refractivity contribution < 1.29 is 9.53 Å². The predicted molar refractivity (Wildman–Crippen MR) is 97.2 cm³/mol. The van der Waals surface area contributed by atoms with Crippen LogP contribution >= 0.6 is 11.6 Å². The Morgan fingerprint density at radius 3 is 2.92 bits per heavy atom. The Kier molecular flexibility index (Phi) is 3.97. The zero-order chi connectivity index (χ0) is 17.4. The van der Waals surface area contributed by atoms with Crippen molar-refractivity contribution in [3.05, 3.63) is 52.8 Å². The van der Waals surface area contributed by atoms with Gasteiger partial charge in [-0.3, -0.25) is 0 Å². The molecule has 1 aliphatic heterocycles. The van der Waals surface area contributed by atoms with Crippen molar-refractivity contribution in [2.24, 2.45) is 0 Å². The van der Waals surface area contributed by atoms with Gasteiger partial charge in [-0.2, -0.15) is 0 Å². The third kappa shape index (κ3) is 3.00. The first-order valence-electron chi connectivity index (χ1n) is 7.99. The van der Waals surface area contributed by atoms with Crippen molar-refractivity contribution in [3.8, 4) is 5.75 Å². The van der Waals surface area contributed by atoms with Gasteiger partial charge in [-0.1, -0.05) is 11.6 Å². The van der Waals surface area contributed by atoms with Gasteiger partial charge in [0.25, 0.3) is 0 Å². The molecule has 6 nitrogen and oxygen atoms in total. The molecule has 0 bridgehead atoms. The molecule has 0 aliphatic carbocycles. The number of carbonyl (C=O) groups is 1.